The number of benzene rings is 8. The molecule has 10 rings (SSSR count). The van der Waals surface area contributed by atoms with Gasteiger partial charge >= 0.3 is 0 Å². The van der Waals surface area contributed by atoms with Crippen molar-refractivity contribution < 1.29 is 0 Å². The molecule has 1 heterocycles. The number of hydrogen-bond acceptors (Lipinski definition) is 2. The highest BCUT2D eigenvalue weighted by atomic mass is 32.1. The molecule has 9 aromatic rings. The van der Waals surface area contributed by atoms with Gasteiger partial charge in [0, 0.05) is 36.9 Å². The summed E-state index contributed by atoms with van der Waals surface area (Å²) in [7, 11) is 0. The minimum absolute atomic E-state index is 0.544. The average Bonchev–Trinajstić information content (AvgIpc) is 3.85. The van der Waals surface area contributed by atoms with Gasteiger partial charge in [0.05, 0.1) is 11.1 Å². The van der Waals surface area contributed by atoms with E-state index in [0.29, 0.717) is 0 Å². The Balaban J connectivity index is 1.25. The van der Waals surface area contributed by atoms with Gasteiger partial charge in [0.15, 0.2) is 0 Å². The molecule has 0 unspecified atom stereocenters. The molecule has 0 fully saturated rings. The van der Waals surface area contributed by atoms with E-state index in [1.165, 1.54) is 70.1 Å². The van der Waals surface area contributed by atoms with Gasteiger partial charge in [0.25, 0.3) is 0 Å². The minimum atomic E-state index is -0.544. The van der Waals surface area contributed by atoms with Crippen LogP contribution in [0.25, 0.3) is 59.8 Å². The summed E-state index contributed by atoms with van der Waals surface area (Å²) in [6.07, 6.45) is 12.8. The Hall–Kier alpha value is -7.26. The molecule has 0 saturated carbocycles. The van der Waals surface area contributed by atoms with Gasteiger partial charge < -0.3 is 4.90 Å². The van der Waals surface area contributed by atoms with E-state index in [-0.39, 0.29) is 0 Å². The molecule has 8 aromatic carbocycles. The van der Waals surface area contributed by atoms with Gasteiger partial charge in [-0.2, -0.15) is 0 Å². The van der Waals surface area contributed by atoms with Crippen molar-refractivity contribution in [2.45, 2.75) is 19.3 Å². The SMILES string of the molecule is C=C/C(=C\C=C(/C)c1cccc2c1sc1ccccc12)N(c1ccc2c(c1)C(c1ccccc1)(c1ccccc1)c1ccccc1-2)c1cc(C=C)c(/C=C\C)c2ccccc12. The van der Waals surface area contributed by atoms with Crippen LogP contribution in [0.2, 0.25) is 0 Å². The molecule has 0 spiro atoms. The number of hydrogen-bond donors (Lipinski definition) is 0. The molecule has 292 valence electrons. The fraction of sp³-hybridized carbons (Fsp3) is 0.0508. The quantitative estimate of drug-likeness (QED) is 0.125. The molecule has 1 aliphatic rings. The van der Waals surface area contributed by atoms with E-state index in [1.807, 2.05) is 23.5 Å². The molecular weight excluding hydrogens is 755 g/mol. The van der Waals surface area contributed by atoms with Crippen LogP contribution in [-0.2, 0) is 5.41 Å². The maximum Gasteiger partial charge on any atom is 0.0714 e. The summed E-state index contributed by atoms with van der Waals surface area (Å²) in [6, 6.07) is 64.4. The largest absolute Gasteiger partial charge is 0.310 e. The van der Waals surface area contributed by atoms with Gasteiger partial charge in [-0.25, -0.2) is 0 Å². The molecular formula is C59H45NS. The zero-order valence-electron chi connectivity index (χ0n) is 34.5. The topological polar surface area (TPSA) is 3.24 Å². The van der Waals surface area contributed by atoms with Crippen molar-refractivity contribution in [2.75, 3.05) is 4.90 Å². The first-order chi connectivity index (χ1) is 30.1. The summed E-state index contributed by atoms with van der Waals surface area (Å²) < 4.78 is 2.61. The second-order valence-corrected chi connectivity index (χ2v) is 16.7. The zero-order valence-corrected chi connectivity index (χ0v) is 35.3. The number of fused-ring (bicyclic) bond motifs is 7. The van der Waals surface area contributed by atoms with Crippen LogP contribution in [0.1, 0.15) is 52.8 Å². The molecule has 0 amide bonds. The third kappa shape index (κ3) is 6.14. The lowest BCUT2D eigenvalue weighted by atomic mass is 9.67. The predicted octanol–water partition coefficient (Wildman–Crippen LogP) is 16.6. The lowest BCUT2D eigenvalue weighted by Gasteiger charge is -2.35. The Labute approximate surface area is 362 Å². The van der Waals surface area contributed by atoms with Crippen molar-refractivity contribution in [1.82, 2.24) is 0 Å². The minimum Gasteiger partial charge on any atom is -0.310 e. The standard InChI is InChI=1S/C59H45NS/c1-5-21-47-41(6-2)38-56(51-28-15-14-26-48(47)51)60(44(7-3)35-34-40(4)46-30-20-31-53-52-29-17-19-33-57(52)61-58(46)53)45-36-37-50-49-27-16-18-32-54(49)59(55(50)39-45,42-22-10-8-11-23-42)43-24-12-9-13-25-43/h5-39H,2-3H2,1,4H3/b21-5-,40-34+,44-35+. The third-order valence-corrected chi connectivity index (χ3v) is 13.6. The van der Waals surface area contributed by atoms with Crippen molar-refractivity contribution in [3.63, 3.8) is 0 Å². The number of nitrogens with zero attached hydrogens (tertiary/aromatic N) is 1. The number of rotatable bonds is 10. The van der Waals surface area contributed by atoms with Crippen LogP contribution < -0.4 is 4.90 Å². The van der Waals surface area contributed by atoms with E-state index in [1.54, 1.807) is 0 Å². The van der Waals surface area contributed by atoms with Crippen molar-refractivity contribution in [1.29, 1.82) is 0 Å². The highest BCUT2D eigenvalue weighted by Crippen LogP contribution is 2.57. The van der Waals surface area contributed by atoms with Gasteiger partial charge in [-0.3, -0.25) is 0 Å². The molecule has 61 heavy (non-hydrogen) atoms. The fourth-order valence-corrected chi connectivity index (χ4v) is 11.0. The Kier molecular flexibility index (Phi) is 9.79. The Morgan fingerprint density at radius 2 is 1.23 bits per heavy atom. The van der Waals surface area contributed by atoms with Gasteiger partial charge in [-0.05, 0) is 111 Å². The van der Waals surface area contributed by atoms with Crippen molar-refractivity contribution in [3.05, 3.63) is 258 Å². The van der Waals surface area contributed by atoms with E-state index in [0.717, 1.165) is 33.6 Å². The van der Waals surface area contributed by atoms with Crippen LogP contribution in [0.15, 0.2) is 219 Å². The monoisotopic (exact) mass is 799 g/mol. The Bertz CT molecular complexity index is 3210. The van der Waals surface area contributed by atoms with E-state index < -0.39 is 5.41 Å². The maximum absolute atomic E-state index is 4.49. The van der Waals surface area contributed by atoms with Crippen LogP contribution >= 0.6 is 11.3 Å². The molecule has 0 atom stereocenters. The second-order valence-electron chi connectivity index (χ2n) is 15.7. The van der Waals surface area contributed by atoms with E-state index in [2.05, 4.69) is 232 Å². The number of anilines is 2. The van der Waals surface area contributed by atoms with Crippen LogP contribution in [-0.4, -0.2) is 0 Å². The zero-order chi connectivity index (χ0) is 41.5. The van der Waals surface area contributed by atoms with Crippen LogP contribution in [0.4, 0.5) is 11.4 Å². The average molecular weight is 800 g/mol. The smallest absolute Gasteiger partial charge is 0.0714 e. The van der Waals surface area contributed by atoms with Crippen LogP contribution in [0.3, 0.4) is 0 Å². The van der Waals surface area contributed by atoms with E-state index in [4.69, 9.17) is 0 Å². The number of allylic oxidation sites excluding steroid dienone is 5. The highest BCUT2D eigenvalue weighted by Gasteiger charge is 2.46. The molecule has 0 N–H and O–H groups in total. The van der Waals surface area contributed by atoms with Crippen LogP contribution in [0.5, 0.6) is 0 Å². The molecule has 2 heteroatoms. The van der Waals surface area contributed by atoms with Gasteiger partial charge in [-0.1, -0.05) is 189 Å². The molecule has 0 aliphatic heterocycles. The summed E-state index contributed by atoms with van der Waals surface area (Å²) in [5.41, 5.74) is 14.7. The maximum atomic E-state index is 4.49. The van der Waals surface area contributed by atoms with E-state index in [9.17, 15) is 0 Å². The first kappa shape index (κ1) is 38.0. The first-order valence-electron chi connectivity index (χ1n) is 20.9. The highest BCUT2D eigenvalue weighted by molar-refractivity contribution is 7.26. The lowest BCUT2D eigenvalue weighted by Crippen LogP contribution is -2.29. The Morgan fingerprint density at radius 3 is 1.95 bits per heavy atom. The predicted molar refractivity (Wildman–Crippen MR) is 266 cm³/mol. The fourth-order valence-electron chi connectivity index (χ4n) is 9.70. The van der Waals surface area contributed by atoms with Crippen molar-refractivity contribution in [3.8, 4) is 11.1 Å². The summed E-state index contributed by atoms with van der Waals surface area (Å²) in [5, 5.41) is 4.91. The van der Waals surface area contributed by atoms with Gasteiger partial charge in [-0.15, -0.1) is 11.3 Å². The van der Waals surface area contributed by atoms with Gasteiger partial charge in [0.1, 0.15) is 0 Å². The molecule has 0 radical (unpaired) electrons. The lowest BCUT2D eigenvalue weighted by molar-refractivity contribution is 0.768. The molecule has 1 aromatic heterocycles. The third-order valence-electron chi connectivity index (χ3n) is 12.4. The summed E-state index contributed by atoms with van der Waals surface area (Å²) in [6.45, 7) is 13.1. The molecule has 0 saturated heterocycles. The Morgan fingerprint density at radius 1 is 0.590 bits per heavy atom. The van der Waals surface area contributed by atoms with Crippen molar-refractivity contribution in [2.24, 2.45) is 0 Å². The summed E-state index contributed by atoms with van der Waals surface area (Å²) in [5.74, 6) is 0. The van der Waals surface area contributed by atoms with E-state index >= 15 is 0 Å². The van der Waals surface area contributed by atoms with Gasteiger partial charge in [0.2, 0.25) is 0 Å². The summed E-state index contributed by atoms with van der Waals surface area (Å²) in [4.78, 5) is 2.40. The first-order valence-corrected chi connectivity index (χ1v) is 21.8. The molecule has 0 bridgehead atoms. The number of thiophene rings is 1. The molecule has 1 aliphatic carbocycles. The van der Waals surface area contributed by atoms with Crippen LogP contribution in [0, 0.1) is 0 Å². The molecule has 1 nitrogen and oxygen atoms in total. The summed E-state index contributed by atoms with van der Waals surface area (Å²) >= 11 is 1.86. The normalized spacial score (nSPS) is 13.5. The second kappa shape index (κ2) is 15.7. The van der Waals surface area contributed by atoms with Crippen molar-refractivity contribution >= 4 is 71.4 Å².